The van der Waals surface area contributed by atoms with Crippen LogP contribution in [0.3, 0.4) is 0 Å². The van der Waals surface area contributed by atoms with Gasteiger partial charge in [0.25, 0.3) is 5.91 Å². The van der Waals surface area contributed by atoms with Crippen molar-refractivity contribution in [1.29, 1.82) is 0 Å². The van der Waals surface area contributed by atoms with Crippen LogP contribution in [0.25, 0.3) is 6.08 Å². The second kappa shape index (κ2) is 7.55. The van der Waals surface area contributed by atoms with Crippen LogP contribution < -0.4 is 10.2 Å². The zero-order chi connectivity index (χ0) is 18.7. The number of anilines is 1. The van der Waals surface area contributed by atoms with Gasteiger partial charge in [0.2, 0.25) is 0 Å². The fourth-order valence-electron chi connectivity index (χ4n) is 3.08. The van der Waals surface area contributed by atoms with E-state index in [0.717, 1.165) is 37.3 Å². The fraction of sp³-hybridized carbons (Fsp3) is 0.389. The Morgan fingerprint density at radius 2 is 2.00 bits per heavy atom. The molecule has 0 aromatic heterocycles. The average molecular weight is 361 g/mol. The number of carbonyl (C=O) groups excluding carboxylic acids is 3. The second-order valence-electron chi connectivity index (χ2n) is 6.21. The third kappa shape index (κ3) is 3.68. The van der Waals surface area contributed by atoms with Crippen molar-refractivity contribution in [1.82, 2.24) is 10.2 Å². The van der Waals surface area contributed by atoms with Crippen LogP contribution in [0.15, 0.2) is 23.9 Å². The van der Waals surface area contributed by atoms with E-state index in [0.29, 0.717) is 11.3 Å². The first-order valence-electron chi connectivity index (χ1n) is 8.45. The number of halogens is 1. The molecule has 8 heteroatoms. The number of rotatable bonds is 4. The highest BCUT2D eigenvalue weighted by Gasteiger charge is 2.35. The van der Waals surface area contributed by atoms with Crippen LogP contribution in [-0.4, -0.2) is 49.6 Å². The molecule has 1 aromatic carbocycles. The van der Waals surface area contributed by atoms with Crippen LogP contribution in [0.5, 0.6) is 0 Å². The third-order valence-corrected chi connectivity index (χ3v) is 4.46. The van der Waals surface area contributed by atoms with Gasteiger partial charge in [-0.15, -0.1) is 0 Å². The van der Waals surface area contributed by atoms with E-state index in [1.165, 1.54) is 19.3 Å². The number of hydrogen-bond donors (Lipinski definition) is 1. The summed E-state index contributed by atoms with van der Waals surface area (Å²) < 4.78 is 18.9. The maximum atomic E-state index is 14.5. The van der Waals surface area contributed by atoms with Crippen LogP contribution in [0.4, 0.5) is 14.9 Å². The molecule has 0 atom stereocenters. The molecule has 0 aliphatic carbocycles. The summed E-state index contributed by atoms with van der Waals surface area (Å²) in [7, 11) is 1.17. The van der Waals surface area contributed by atoms with Gasteiger partial charge in [-0.05, 0) is 43.0 Å². The van der Waals surface area contributed by atoms with E-state index in [-0.39, 0.29) is 11.5 Å². The number of esters is 1. The molecule has 138 valence electrons. The normalized spacial score (nSPS) is 19.1. The zero-order valence-corrected chi connectivity index (χ0v) is 14.5. The van der Waals surface area contributed by atoms with Crippen molar-refractivity contribution < 1.29 is 23.5 Å². The number of hydrogen-bond acceptors (Lipinski definition) is 5. The van der Waals surface area contributed by atoms with E-state index in [2.05, 4.69) is 10.1 Å². The predicted molar refractivity (Wildman–Crippen MR) is 92.7 cm³/mol. The van der Waals surface area contributed by atoms with Gasteiger partial charge in [-0.2, -0.15) is 0 Å². The lowest BCUT2D eigenvalue weighted by molar-refractivity contribution is -0.143. The summed E-state index contributed by atoms with van der Waals surface area (Å²) in [4.78, 5) is 38.1. The lowest BCUT2D eigenvalue weighted by Gasteiger charge is -2.29. The quantitative estimate of drug-likeness (QED) is 0.503. The molecule has 0 bridgehead atoms. The Kier molecular flexibility index (Phi) is 5.20. The van der Waals surface area contributed by atoms with Crippen molar-refractivity contribution in [2.24, 2.45) is 0 Å². The van der Waals surface area contributed by atoms with Crippen LogP contribution in [-0.2, 0) is 14.3 Å². The molecular formula is C18H20FN3O4. The second-order valence-corrected chi connectivity index (χ2v) is 6.21. The molecule has 1 N–H and O–H groups in total. The van der Waals surface area contributed by atoms with Crippen LogP contribution in [0.2, 0.25) is 0 Å². The summed E-state index contributed by atoms with van der Waals surface area (Å²) in [5, 5.41) is 2.39. The molecule has 0 saturated carbocycles. The Bertz CT molecular complexity index is 772. The van der Waals surface area contributed by atoms with E-state index in [9.17, 15) is 18.8 Å². The molecular weight excluding hydrogens is 341 g/mol. The van der Waals surface area contributed by atoms with E-state index >= 15 is 0 Å². The van der Waals surface area contributed by atoms with Gasteiger partial charge in [0.05, 0.1) is 12.8 Å². The van der Waals surface area contributed by atoms with Crippen LogP contribution >= 0.6 is 0 Å². The molecule has 3 rings (SSSR count). The number of carbonyl (C=O) groups is 3. The highest BCUT2D eigenvalue weighted by atomic mass is 19.1. The predicted octanol–water partition coefficient (Wildman–Crippen LogP) is 1.88. The molecule has 2 saturated heterocycles. The fourth-order valence-corrected chi connectivity index (χ4v) is 3.08. The number of nitrogens with zero attached hydrogens (tertiary/aromatic N) is 2. The number of amides is 3. The molecule has 2 heterocycles. The number of piperidine rings is 1. The van der Waals surface area contributed by atoms with Gasteiger partial charge in [-0.3, -0.25) is 9.59 Å². The minimum absolute atomic E-state index is 0.0102. The van der Waals surface area contributed by atoms with E-state index in [4.69, 9.17) is 0 Å². The summed E-state index contributed by atoms with van der Waals surface area (Å²) >= 11 is 0. The first-order valence-corrected chi connectivity index (χ1v) is 8.45. The third-order valence-electron chi connectivity index (χ3n) is 4.46. The average Bonchev–Trinajstić information content (AvgIpc) is 2.90. The molecule has 2 aliphatic rings. The number of methoxy groups -OCH3 is 1. The molecule has 3 amide bonds. The van der Waals surface area contributed by atoms with Gasteiger partial charge in [0.1, 0.15) is 18.1 Å². The number of imide groups is 1. The largest absolute Gasteiger partial charge is 0.468 e. The molecule has 2 aliphatic heterocycles. The van der Waals surface area contributed by atoms with Gasteiger partial charge in [-0.25, -0.2) is 14.1 Å². The molecule has 2 fully saturated rings. The standard InChI is InChI=1S/C18H20FN3O4/c1-26-16(23)11-22-17(24)14(20-18(22)25)10-12-5-6-15(13(19)9-12)21-7-3-2-4-8-21/h5-6,9-10H,2-4,7-8,11H2,1H3,(H,20,25)/b14-10+. The van der Waals surface area contributed by atoms with Crippen LogP contribution in [0.1, 0.15) is 24.8 Å². The smallest absolute Gasteiger partial charge is 0.329 e. The number of ether oxygens (including phenoxy) is 1. The molecule has 0 spiro atoms. The van der Waals surface area contributed by atoms with Gasteiger partial charge in [0.15, 0.2) is 0 Å². The van der Waals surface area contributed by atoms with Crippen molar-refractivity contribution in [3.05, 3.63) is 35.3 Å². The van der Waals surface area contributed by atoms with Crippen molar-refractivity contribution in [3.63, 3.8) is 0 Å². The zero-order valence-electron chi connectivity index (χ0n) is 14.5. The van der Waals surface area contributed by atoms with E-state index in [1.807, 2.05) is 4.90 Å². The maximum Gasteiger partial charge on any atom is 0.329 e. The molecule has 1 aromatic rings. The maximum absolute atomic E-state index is 14.5. The lowest BCUT2D eigenvalue weighted by atomic mass is 10.1. The topological polar surface area (TPSA) is 79.0 Å². The van der Waals surface area contributed by atoms with Gasteiger partial charge >= 0.3 is 12.0 Å². The summed E-state index contributed by atoms with van der Waals surface area (Å²) in [6.07, 6.45) is 4.64. The van der Waals surface area contributed by atoms with Crippen molar-refractivity contribution in [2.75, 3.05) is 31.6 Å². The number of urea groups is 1. The van der Waals surface area contributed by atoms with E-state index in [1.54, 1.807) is 12.1 Å². The van der Waals surface area contributed by atoms with Crippen molar-refractivity contribution in [3.8, 4) is 0 Å². The minimum atomic E-state index is -0.711. The van der Waals surface area contributed by atoms with Gasteiger partial charge in [-0.1, -0.05) is 6.07 Å². The lowest BCUT2D eigenvalue weighted by Crippen LogP contribution is -2.36. The summed E-state index contributed by atoms with van der Waals surface area (Å²) in [5.41, 5.74) is 0.983. The number of benzene rings is 1. The first kappa shape index (κ1) is 17.9. The van der Waals surface area contributed by atoms with Crippen molar-refractivity contribution in [2.45, 2.75) is 19.3 Å². The summed E-state index contributed by atoms with van der Waals surface area (Å²) in [6.45, 7) is 1.18. The number of nitrogens with one attached hydrogen (secondary N) is 1. The molecule has 0 radical (unpaired) electrons. The van der Waals surface area contributed by atoms with Crippen LogP contribution in [0, 0.1) is 5.82 Å². The Labute approximate surface area is 150 Å². The highest BCUT2D eigenvalue weighted by Crippen LogP contribution is 2.25. The Balaban J connectivity index is 1.77. The molecule has 7 nitrogen and oxygen atoms in total. The Morgan fingerprint density at radius 1 is 1.27 bits per heavy atom. The Morgan fingerprint density at radius 3 is 2.65 bits per heavy atom. The van der Waals surface area contributed by atoms with Gasteiger partial charge < -0.3 is 15.0 Å². The van der Waals surface area contributed by atoms with Gasteiger partial charge in [0, 0.05) is 13.1 Å². The Hall–Kier alpha value is -2.90. The minimum Gasteiger partial charge on any atom is -0.468 e. The highest BCUT2D eigenvalue weighted by molar-refractivity contribution is 6.15. The van der Waals surface area contributed by atoms with E-state index < -0.39 is 24.5 Å². The molecule has 26 heavy (non-hydrogen) atoms. The monoisotopic (exact) mass is 361 g/mol. The summed E-state index contributed by atoms with van der Waals surface area (Å²) in [6, 6.07) is 4.00. The SMILES string of the molecule is COC(=O)CN1C(=O)N/C(=C/c2ccc(N3CCCCC3)c(F)c2)C1=O. The molecule has 0 unspecified atom stereocenters. The van der Waals surface area contributed by atoms with Crippen molar-refractivity contribution >= 4 is 29.7 Å². The summed E-state index contributed by atoms with van der Waals surface area (Å²) in [5.74, 6) is -1.72. The first-order chi connectivity index (χ1) is 12.5.